The van der Waals surface area contributed by atoms with Gasteiger partial charge in [0.15, 0.2) is 0 Å². The molecule has 200 valence electrons. The van der Waals surface area contributed by atoms with E-state index in [1.807, 2.05) is 6.07 Å². The van der Waals surface area contributed by atoms with E-state index in [1.165, 1.54) is 56.7 Å². The number of nitrogens with one attached hydrogen (secondary N) is 1. The van der Waals surface area contributed by atoms with Gasteiger partial charge >= 0.3 is 0 Å². The van der Waals surface area contributed by atoms with Crippen LogP contribution in [-0.4, -0.2) is 33.5 Å². The van der Waals surface area contributed by atoms with Crippen molar-refractivity contribution in [2.45, 2.75) is 11.4 Å². The number of anilines is 2. The molecule has 0 bridgehead atoms. The Morgan fingerprint density at radius 3 is 2.21 bits per heavy atom. The number of hydrogen-bond donors (Lipinski definition) is 1. The first kappa shape index (κ1) is 27.1. The van der Waals surface area contributed by atoms with Gasteiger partial charge < -0.3 is 14.8 Å². The van der Waals surface area contributed by atoms with Crippen LogP contribution in [0.1, 0.15) is 15.9 Å². The Bertz CT molecular complexity index is 1590. The second kappa shape index (κ2) is 11.7. The number of hydrogen-bond acceptors (Lipinski definition) is 7. The summed E-state index contributed by atoms with van der Waals surface area (Å²) in [5.41, 5.74) is 0.689. The Balaban J connectivity index is 1.79. The van der Waals surface area contributed by atoms with Crippen molar-refractivity contribution in [2.24, 2.45) is 0 Å². The lowest BCUT2D eigenvalue weighted by Crippen LogP contribution is -2.32. The smallest absolute Gasteiger partial charge is 0.271 e. The fourth-order valence-electron chi connectivity index (χ4n) is 3.90. The topological polar surface area (TPSA) is 128 Å². The summed E-state index contributed by atoms with van der Waals surface area (Å²) in [5, 5.41) is 13.9. The minimum atomic E-state index is -4.15. The monoisotopic (exact) mass is 547 g/mol. The van der Waals surface area contributed by atoms with Crippen molar-refractivity contribution >= 4 is 33.0 Å². The number of ether oxygens (including phenoxy) is 2. The van der Waals surface area contributed by atoms with Gasteiger partial charge in [-0.05, 0) is 48.0 Å². The van der Waals surface area contributed by atoms with Gasteiger partial charge in [0, 0.05) is 12.1 Å². The van der Waals surface area contributed by atoms with Crippen LogP contribution >= 0.6 is 0 Å². The van der Waals surface area contributed by atoms with Crippen molar-refractivity contribution < 1.29 is 27.6 Å². The van der Waals surface area contributed by atoms with Crippen molar-refractivity contribution in [3.63, 3.8) is 0 Å². The van der Waals surface area contributed by atoms with Crippen molar-refractivity contribution in [3.8, 4) is 11.5 Å². The number of nitro benzene ring substituents is 1. The molecule has 0 radical (unpaired) electrons. The number of para-hydroxylation sites is 1. The molecule has 0 saturated carbocycles. The highest BCUT2D eigenvalue weighted by molar-refractivity contribution is 7.92. The number of non-ortho nitro benzene ring substituents is 1. The third-order valence-electron chi connectivity index (χ3n) is 5.88. The van der Waals surface area contributed by atoms with E-state index in [-0.39, 0.29) is 39.8 Å². The van der Waals surface area contributed by atoms with Gasteiger partial charge in [0.05, 0.1) is 47.5 Å². The molecule has 0 spiro atoms. The molecular weight excluding hydrogens is 522 g/mol. The number of benzene rings is 4. The molecule has 0 fully saturated rings. The predicted molar refractivity (Wildman–Crippen MR) is 147 cm³/mol. The van der Waals surface area contributed by atoms with Crippen molar-refractivity contribution in [1.82, 2.24) is 0 Å². The molecule has 10 nitrogen and oxygen atoms in total. The number of amides is 1. The second-order valence-electron chi connectivity index (χ2n) is 8.29. The van der Waals surface area contributed by atoms with E-state index in [0.717, 1.165) is 4.31 Å². The van der Waals surface area contributed by atoms with E-state index >= 15 is 0 Å². The van der Waals surface area contributed by atoms with Gasteiger partial charge in [0.2, 0.25) is 0 Å². The van der Waals surface area contributed by atoms with E-state index in [1.54, 1.807) is 48.5 Å². The van der Waals surface area contributed by atoms with Gasteiger partial charge in [0.1, 0.15) is 11.5 Å². The van der Waals surface area contributed by atoms with Crippen LogP contribution < -0.4 is 19.1 Å². The maximum Gasteiger partial charge on any atom is 0.271 e. The van der Waals surface area contributed by atoms with Crippen molar-refractivity contribution in [2.75, 3.05) is 23.8 Å². The SMILES string of the molecule is COc1ccc(S(=O)(=O)N(Cc2ccccc2)c2ccccc2C(=O)Nc2cc([N+](=O)[O-])ccc2OC)cc1. The minimum absolute atomic E-state index is 0.00907. The molecule has 0 saturated heterocycles. The Morgan fingerprint density at radius 1 is 0.897 bits per heavy atom. The third kappa shape index (κ3) is 5.99. The van der Waals surface area contributed by atoms with E-state index in [9.17, 15) is 23.3 Å². The fraction of sp³-hybridized carbons (Fsp3) is 0.107. The molecule has 0 aromatic heterocycles. The molecule has 0 unspecified atom stereocenters. The molecule has 39 heavy (non-hydrogen) atoms. The van der Waals surface area contributed by atoms with Gasteiger partial charge in [-0.2, -0.15) is 0 Å². The number of carbonyl (C=O) groups is 1. The second-order valence-corrected chi connectivity index (χ2v) is 10.1. The van der Waals surface area contributed by atoms with E-state index in [2.05, 4.69) is 5.32 Å². The van der Waals surface area contributed by atoms with Gasteiger partial charge in [0.25, 0.3) is 21.6 Å². The number of sulfonamides is 1. The molecule has 11 heteroatoms. The first-order valence-electron chi connectivity index (χ1n) is 11.7. The lowest BCUT2D eigenvalue weighted by molar-refractivity contribution is -0.384. The molecular formula is C28H25N3O7S. The van der Waals surface area contributed by atoms with Gasteiger partial charge in [-0.25, -0.2) is 8.42 Å². The van der Waals surface area contributed by atoms with Crippen LogP contribution in [0.3, 0.4) is 0 Å². The molecule has 4 rings (SSSR count). The maximum atomic E-state index is 13.9. The summed E-state index contributed by atoms with van der Waals surface area (Å²) in [6.07, 6.45) is 0. The summed E-state index contributed by atoms with van der Waals surface area (Å²) in [5.74, 6) is 0.0278. The molecule has 4 aromatic carbocycles. The van der Waals surface area contributed by atoms with Crippen LogP contribution in [0.2, 0.25) is 0 Å². The van der Waals surface area contributed by atoms with E-state index < -0.39 is 20.9 Å². The standard InChI is InChI=1S/C28H25N3O7S/c1-37-22-13-15-23(16-14-22)39(35,36)30(19-20-8-4-3-5-9-20)26-11-7-6-10-24(26)28(32)29-25-18-21(31(33)34)12-17-27(25)38-2/h3-18H,19H2,1-2H3,(H,29,32). The molecule has 1 amide bonds. The number of methoxy groups -OCH3 is 2. The average molecular weight is 548 g/mol. The quantitative estimate of drug-likeness (QED) is 0.212. The van der Waals surface area contributed by atoms with Crippen LogP contribution in [0.5, 0.6) is 11.5 Å². The highest BCUT2D eigenvalue weighted by Crippen LogP contribution is 2.33. The lowest BCUT2D eigenvalue weighted by Gasteiger charge is -2.27. The summed E-state index contributed by atoms with van der Waals surface area (Å²) < 4.78 is 39.5. The molecule has 0 atom stereocenters. The summed E-state index contributed by atoms with van der Waals surface area (Å²) in [7, 11) is -1.30. The summed E-state index contributed by atoms with van der Waals surface area (Å²) >= 11 is 0. The number of carbonyl (C=O) groups excluding carboxylic acids is 1. The van der Waals surface area contributed by atoms with E-state index in [4.69, 9.17) is 9.47 Å². The zero-order chi connectivity index (χ0) is 28.0. The molecule has 0 aliphatic rings. The Hall–Kier alpha value is -4.90. The summed E-state index contributed by atoms with van der Waals surface area (Å²) in [6.45, 7) is -0.0559. The molecule has 4 aromatic rings. The highest BCUT2D eigenvalue weighted by atomic mass is 32.2. The summed E-state index contributed by atoms with van der Waals surface area (Å²) in [6, 6.07) is 25.0. The number of nitro groups is 1. The largest absolute Gasteiger partial charge is 0.497 e. The zero-order valence-corrected chi connectivity index (χ0v) is 21.9. The van der Waals surface area contributed by atoms with Crippen molar-refractivity contribution in [1.29, 1.82) is 0 Å². The average Bonchev–Trinajstić information content (AvgIpc) is 2.96. The number of rotatable bonds is 10. The van der Waals surface area contributed by atoms with E-state index in [0.29, 0.717) is 11.3 Å². The first-order chi connectivity index (χ1) is 18.7. The third-order valence-corrected chi connectivity index (χ3v) is 7.65. The van der Waals surface area contributed by atoms with Gasteiger partial charge in [-0.15, -0.1) is 0 Å². The highest BCUT2D eigenvalue weighted by Gasteiger charge is 2.29. The zero-order valence-electron chi connectivity index (χ0n) is 21.1. The summed E-state index contributed by atoms with van der Waals surface area (Å²) in [4.78, 5) is 24.2. The first-order valence-corrected chi connectivity index (χ1v) is 13.1. The van der Waals surface area contributed by atoms with Crippen LogP contribution in [0.4, 0.5) is 17.1 Å². The van der Waals surface area contributed by atoms with Gasteiger partial charge in [-0.1, -0.05) is 42.5 Å². The van der Waals surface area contributed by atoms with Gasteiger partial charge in [-0.3, -0.25) is 19.2 Å². The molecule has 0 aliphatic carbocycles. The normalized spacial score (nSPS) is 10.9. The number of nitrogens with zero attached hydrogens (tertiary/aromatic N) is 2. The van der Waals surface area contributed by atoms with Crippen LogP contribution in [0, 0.1) is 10.1 Å². The Morgan fingerprint density at radius 2 is 1.56 bits per heavy atom. The maximum absolute atomic E-state index is 13.9. The minimum Gasteiger partial charge on any atom is -0.497 e. The Kier molecular flexibility index (Phi) is 8.11. The molecule has 1 N–H and O–H groups in total. The fourth-order valence-corrected chi connectivity index (χ4v) is 5.38. The van der Waals surface area contributed by atoms with Crippen LogP contribution in [0.25, 0.3) is 0 Å². The van der Waals surface area contributed by atoms with Crippen LogP contribution in [0.15, 0.2) is 102 Å². The van der Waals surface area contributed by atoms with Crippen LogP contribution in [-0.2, 0) is 16.6 Å². The molecule has 0 heterocycles. The Labute approximate surface area is 225 Å². The van der Waals surface area contributed by atoms with Crippen molar-refractivity contribution in [3.05, 3.63) is 118 Å². The molecule has 0 aliphatic heterocycles. The predicted octanol–water partition coefficient (Wildman–Crippen LogP) is 5.26. The lowest BCUT2D eigenvalue weighted by atomic mass is 10.1.